The van der Waals surface area contributed by atoms with Crippen molar-refractivity contribution in [2.24, 2.45) is 7.05 Å². The molecule has 6 nitrogen and oxygen atoms in total. The Balaban J connectivity index is 2.07. The van der Waals surface area contributed by atoms with Crippen LogP contribution in [0.4, 0.5) is 21.6 Å². The number of aryl methyl sites for hydroxylation is 1. The molecule has 1 aromatic heterocycles. The van der Waals surface area contributed by atoms with Gasteiger partial charge in [0.2, 0.25) is 10.0 Å². The highest BCUT2D eigenvalue weighted by Gasteiger charge is 2.36. The number of aromatic nitrogens is 1. The summed E-state index contributed by atoms with van der Waals surface area (Å²) in [5, 5.41) is 2.41. The molecule has 0 saturated heterocycles. The number of hydrogen-bond acceptors (Lipinski definition) is 4. The van der Waals surface area contributed by atoms with Gasteiger partial charge >= 0.3 is 0 Å². The molecule has 1 saturated carbocycles. The molecule has 0 radical (unpaired) electrons. The molecule has 1 aliphatic rings. The third-order valence-electron chi connectivity index (χ3n) is 3.99. The van der Waals surface area contributed by atoms with Crippen LogP contribution >= 0.6 is 15.9 Å². The van der Waals surface area contributed by atoms with Crippen molar-refractivity contribution in [3.63, 3.8) is 0 Å². The lowest BCUT2D eigenvalue weighted by atomic mass is 10.2. The fraction of sp³-hybridized carbons (Fsp3) is 0.312. The van der Waals surface area contributed by atoms with E-state index in [0.29, 0.717) is 22.9 Å². The van der Waals surface area contributed by atoms with E-state index in [9.17, 15) is 17.6 Å². The van der Waals surface area contributed by atoms with Crippen molar-refractivity contribution in [1.29, 1.82) is 0 Å². The van der Waals surface area contributed by atoms with E-state index in [-0.39, 0.29) is 22.8 Å². The molecular weight excluding hydrogens is 413 g/mol. The first-order valence-corrected chi connectivity index (χ1v) is 9.97. The minimum atomic E-state index is -3.52. The molecule has 134 valence electrons. The fourth-order valence-electron chi connectivity index (χ4n) is 2.46. The van der Waals surface area contributed by atoms with Crippen LogP contribution < -0.4 is 15.6 Å². The normalized spacial score (nSPS) is 14.4. The number of nitrogens with zero attached hydrogens (tertiary/aromatic N) is 1. The minimum Gasteiger partial charge on any atom is -0.337 e. The number of halogens is 2. The average molecular weight is 430 g/mol. The zero-order valence-corrected chi connectivity index (χ0v) is 16.0. The number of benzene rings is 1. The molecule has 9 heteroatoms. The summed E-state index contributed by atoms with van der Waals surface area (Å²) in [6, 6.07) is 5.89. The Morgan fingerprint density at radius 1 is 1.24 bits per heavy atom. The Hall–Kier alpha value is -1.87. The fourth-order valence-corrected chi connectivity index (χ4v) is 4.17. The summed E-state index contributed by atoms with van der Waals surface area (Å²) < 4.78 is 43.1. The zero-order chi connectivity index (χ0) is 18.4. The lowest BCUT2D eigenvalue weighted by Crippen LogP contribution is -2.25. The van der Waals surface area contributed by atoms with Gasteiger partial charge in [-0.2, -0.15) is 0 Å². The number of pyridine rings is 1. The number of nitrogens with one attached hydrogen (secondary N) is 2. The predicted octanol–water partition coefficient (Wildman–Crippen LogP) is 3.24. The van der Waals surface area contributed by atoms with Gasteiger partial charge in [-0.1, -0.05) is 15.9 Å². The Bertz CT molecular complexity index is 1000. The first kappa shape index (κ1) is 17.9. The van der Waals surface area contributed by atoms with Gasteiger partial charge in [0.25, 0.3) is 5.56 Å². The van der Waals surface area contributed by atoms with Crippen molar-refractivity contribution in [2.75, 3.05) is 10.0 Å². The van der Waals surface area contributed by atoms with E-state index in [4.69, 9.17) is 0 Å². The molecule has 1 fully saturated rings. The Kier molecular flexibility index (Phi) is 4.63. The number of sulfonamides is 1. The molecule has 0 aliphatic heterocycles. The van der Waals surface area contributed by atoms with Crippen LogP contribution in [0.1, 0.15) is 18.4 Å². The quantitative estimate of drug-likeness (QED) is 0.764. The lowest BCUT2D eigenvalue weighted by Gasteiger charge is -2.18. The lowest BCUT2D eigenvalue weighted by molar-refractivity contribution is 0.600. The molecule has 2 N–H and O–H groups in total. The molecule has 1 aromatic carbocycles. The molecule has 0 bridgehead atoms. The molecule has 0 spiro atoms. The van der Waals surface area contributed by atoms with E-state index in [2.05, 4.69) is 26.0 Å². The molecule has 3 rings (SSSR count). The van der Waals surface area contributed by atoms with Crippen LogP contribution in [0.3, 0.4) is 0 Å². The SMILES string of the molecule is Cc1cc(NS(=O)(=O)C2CC2)c(Nc2ccc(Br)cc2F)n(C)c1=O. The summed E-state index contributed by atoms with van der Waals surface area (Å²) in [4.78, 5) is 12.2. The Morgan fingerprint density at radius 3 is 2.52 bits per heavy atom. The van der Waals surface area contributed by atoms with E-state index >= 15 is 0 Å². The zero-order valence-electron chi connectivity index (χ0n) is 13.6. The van der Waals surface area contributed by atoms with Crippen LogP contribution in [0.15, 0.2) is 33.5 Å². The van der Waals surface area contributed by atoms with E-state index in [1.807, 2.05) is 0 Å². The topological polar surface area (TPSA) is 80.2 Å². The summed E-state index contributed by atoms with van der Waals surface area (Å²) in [5.41, 5.74) is 0.440. The van der Waals surface area contributed by atoms with Gasteiger partial charge < -0.3 is 5.32 Å². The second-order valence-electron chi connectivity index (χ2n) is 6.05. The minimum absolute atomic E-state index is 0.133. The highest BCUT2D eigenvalue weighted by atomic mass is 79.9. The van der Waals surface area contributed by atoms with Crippen LogP contribution in [-0.2, 0) is 17.1 Å². The first-order valence-electron chi connectivity index (χ1n) is 7.63. The van der Waals surface area contributed by atoms with Crippen molar-refractivity contribution in [1.82, 2.24) is 4.57 Å². The van der Waals surface area contributed by atoms with E-state index < -0.39 is 21.1 Å². The molecule has 2 aromatic rings. The smallest absolute Gasteiger partial charge is 0.254 e. The van der Waals surface area contributed by atoms with Crippen LogP contribution in [0, 0.1) is 12.7 Å². The van der Waals surface area contributed by atoms with E-state index in [0.717, 1.165) is 0 Å². The maximum atomic E-state index is 14.1. The van der Waals surface area contributed by atoms with Crippen molar-refractivity contribution in [2.45, 2.75) is 25.0 Å². The van der Waals surface area contributed by atoms with Crippen LogP contribution in [0.2, 0.25) is 0 Å². The molecule has 1 aliphatic carbocycles. The summed E-state index contributed by atoms with van der Waals surface area (Å²) in [6.45, 7) is 1.60. The maximum absolute atomic E-state index is 14.1. The molecule has 0 atom stereocenters. The van der Waals surface area contributed by atoms with Crippen molar-refractivity contribution in [3.05, 3.63) is 50.5 Å². The van der Waals surface area contributed by atoms with E-state index in [1.54, 1.807) is 13.0 Å². The predicted molar refractivity (Wildman–Crippen MR) is 99.4 cm³/mol. The molecule has 0 amide bonds. The second-order valence-corrected chi connectivity index (χ2v) is 8.93. The van der Waals surface area contributed by atoms with Crippen molar-refractivity contribution >= 4 is 43.1 Å². The van der Waals surface area contributed by atoms with Gasteiger partial charge in [-0.15, -0.1) is 0 Å². The standard InChI is InChI=1S/C16H17BrFN3O3S/c1-9-7-14(20-25(23,24)11-4-5-11)15(21(2)16(9)22)19-13-6-3-10(17)8-12(13)18/h3,6-8,11,19-20H,4-5H2,1-2H3. The number of anilines is 3. The van der Waals surface area contributed by atoms with Gasteiger partial charge in [0.15, 0.2) is 0 Å². The first-order chi connectivity index (χ1) is 11.7. The van der Waals surface area contributed by atoms with Crippen molar-refractivity contribution < 1.29 is 12.8 Å². The summed E-state index contributed by atoms with van der Waals surface area (Å²) >= 11 is 3.18. The highest BCUT2D eigenvalue weighted by Crippen LogP contribution is 2.33. The van der Waals surface area contributed by atoms with Gasteiger partial charge in [0, 0.05) is 17.1 Å². The molecule has 25 heavy (non-hydrogen) atoms. The highest BCUT2D eigenvalue weighted by molar-refractivity contribution is 9.10. The summed E-state index contributed by atoms with van der Waals surface area (Å²) in [5.74, 6) is -0.348. The summed E-state index contributed by atoms with van der Waals surface area (Å²) in [6.07, 6.45) is 1.23. The van der Waals surface area contributed by atoms with Gasteiger partial charge in [-0.25, -0.2) is 12.8 Å². The molecule has 0 unspecified atom stereocenters. The monoisotopic (exact) mass is 429 g/mol. The molecule has 1 heterocycles. The van der Waals surface area contributed by atoms with Crippen LogP contribution in [0.25, 0.3) is 0 Å². The van der Waals surface area contributed by atoms with Crippen LogP contribution in [-0.4, -0.2) is 18.2 Å². The van der Waals surface area contributed by atoms with E-state index in [1.165, 1.54) is 29.8 Å². The third-order valence-corrected chi connectivity index (χ3v) is 6.34. The molecular formula is C16H17BrFN3O3S. The van der Waals surface area contributed by atoms with Crippen molar-refractivity contribution in [3.8, 4) is 0 Å². The maximum Gasteiger partial charge on any atom is 0.254 e. The summed E-state index contributed by atoms with van der Waals surface area (Å²) in [7, 11) is -2.02. The number of rotatable bonds is 5. The van der Waals surface area contributed by atoms with Gasteiger partial charge in [0.05, 0.1) is 16.6 Å². The van der Waals surface area contributed by atoms with Gasteiger partial charge in [0.1, 0.15) is 11.6 Å². The average Bonchev–Trinajstić information content (AvgIpc) is 3.36. The Labute approximate surface area is 153 Å². The second kappa shape index (κ2) is 6.45. The largest absolute Gasteiger partial charge is 0.337 e. The Morgan fingerprint density at radius 2 is 1.92 bits per heavy atom. The van der Waals surface area contributed by atoms with Gasteiger partial charge in [-0.3, -0.25) is 14.1 Å². The van der Waals surface area contributed by atoms with Gasteiger partial charge in [-0.05, 0) is 44.0 Å². The van der Waals surface area contributed by atoms with Crippen LogP contribution in [0.5, 0.6) is 0 Å². The number of hydrogen-bond donors (Lipinski definition) is 2. The third kappa shape index (κ3) is 3.72.